The van der Waals surface area contributed by atoms with Crippen molar-refractivity contribution >= 4 is 60.3 Å². The lowest BCUT2D eigenvalue weighted by atomic mass is 10.4. The average molecular weight is 617 g/mol. The van der Waals surface area contributed by atoms with Crippen LogP contribution in [0.5, 0.6) is 0 Å². The molecule has 6 rings (SSSR count). The van der Waals surface area contributed by atoms with Crippen molar-refractivity contribution in [2.45, 2.75) is 0 Å². The molecule has 206 valence electrons. The summed E-state index contributed by atoms with van der Waals surface area (Å²) in [6.45, 7) is 1.21. The zero-order valence-corrected chi connectivity index (χ0v) is 27.7. The van der Waals surface area contributed by atoms with Crippen LogP contribution in [0.25, 0.3) is 0 Å². The van der Waals surface area contributed by atoms with Gasteiger partial charge in [0.1, 0.15) is 60.3 Å². The molecule has 0 radical (unpaired) electrons. The summed E-state index contributed by atoms with van der Waals surface area (Å²) in [6.07, 6.45) is 0. The van der Waals surface area contributed by atoms with Crippen LogP contribution in [-0.4, -0.2) is 13.3 Å². The third-order valence-corrected chi connectivity index (χ3v) is 39.7. The van der Waals surface area contributed by atoms with Gasteiger partial charge in [0.25, 0.3) is 0 Å². The van der Waals surface area contributed by atoms with Gasteiger partial charge in [0.05, 0.1) is 0 Å². The smallest absolute Gasteiger partial charge is 0.0620 e. The van der Waals surface area contributed by atoms with Gasteiger partial charge in [0.15, 0.2) is 0 Å². The number of hydrogen-bond acceptors (Lipinski definition) is 0. The van der Waals surface area contributed by atoms with Crippen LogP contribution in [0.15, 0.2) is 182 Å². The second-order valence-corrected chi connectivity index (χ2v) is 30.6. The molecule has 6 aromatic rings. The first kappa shape index (κ1) is 29.1. The highest BCUT2D eigenvalue weighted by Gasteiger charge is 2.63. The zero-order chi connectivity index (χ0) is 28.8. The Labute approximate surface area is 254 Å². The Morgan fingerprint density at radius 3 is 0.548 bits per heavy atom. The maximum atomic E-state index is 2.64. The van der Waals surface area contributed by atoms with Crippen molar-refractivity contribution in [3.05, 3.63) is 182 Å². The number of hydrogen-bond donors (Lipinski definition) is 0. The highest BCUT2D eigenvalue weighted by molar-refractivity contribution is 8.87. The molecule has 0 spiro atoms. The Morgan fingerprint density at radius 2 is 0.405 bits per heavy atom. The molecule has 2 unspecified atom stereocenters. The number of benzene rings is 6. The summed E-state index contributed by atoms with van der Waals surface area (Å²) in [4.78, 5) is 0. The molecule has 0 heterocycles. The van der Waals surface area contributed by atoms with Crippen LogP contribution in [0.3, 0.4) is 0 Å². The molecule has 0 amide bonds. The molecule has 42 heavy (non-hydrogen) atoms. The van der Waals surface area contributed by atoms with E-state index >= 15 is 0 Å². The third-order valence-electron chi connectivity index (χ3n) is 8.07. The SMILES string of the molecule is CP(P(C)[P+](c1ccccc1)(c1ccccc1)c1ccccc1)[P+](c1ccccc1)(c1ccccc1)c1ccccc1. The standard InChI is InChI=1S/C38H36P4/c1-39(41(33-21-9-3-10-22-33,34-23-11-4-12-24-34)35-25-13-5-14-26-35)40(2)42(36-27-15-6-16-28-36,37-29-17-7-18-30-37)38-31-19-8-20-32-38/h3-32H,1-2H3/q+2. The lowest BCUT2D eigenvalue weighted by molar-refractivity contribution is 1.73. The van der Waals surface area contributed by atoms with Gasteiger partial charge < -0.3 is 0 Å². The van der Waals surface area contributed by atoms with Crippen LogP contribution in [0.2, 0.25) is 0 Å². The fraction of sp³-hybridized carbons (Fsp3) is 0.0526. The van der Waals surface area contributed by atoms with Gasteiger partial charge in [-0.25, -0.2) is 0 Å². The molecule has 6 aromatic carbocycles. The predicted octanol–water partition coefficient (Wildman–Crippen LogP) is 8.94. The van der Waals surface area contributed by atoms with Crippen molar-refractivity contribution < 1.29 is 0 Å². The maximum Gasteiger partial charge on any atom is 0.137 e. The van der Waals surface area contributed by atoms with Gasteiger partial charge in [-0.2, -0.15) is 0 Å². The normalized spacial score (nSPS) is 13.3. The van der Waals surface area contributed by atoms with Gasteiger partial charge in [0.2, 0.25) is 0 Å². The van der Waals surface area contributed by atoms with Crippen LogP contribution in [0.4, 0.5) is 0 Å². The first-order valence-electron chi connectivity index (χ1n) is 14.3. The lowest BCUT2D eigenvalue weighted by Gasteiger charge is -2.39. The molecule has 0 aromatic heterocycles. The van der Waals surface area contributed by atoms with E-state index in [0.717, 1.165) is 0 Å². The molecular formula is C38H36P4+2. The fourth-order valence-electron chi connectivity index (χ4n) is 6.15. The van der Waals surface area contributed by atoms with Crippen molar-refractivity contribution in [3.8, 4) is 0 Å². The Morgan fingerprint density at radius 1 is 0.262 bits per heavy atom. The summed E-state index contributed by atoms with van der Waals surface area (Å²) in [6, 6.07) is 68.7. The summed E-state index contributed by atoms with van der Waals surface area (Å²) >= 11 is 0. The molecule has 2 atom stereocenters. The summed E-state index contributed by atoms with van der Waals surface area (Å²) in [5.41, 5.74) is 0. The molecule has 0 fully saturated rings. The fourth-order valence-corrected chi connectivity index (χ4v) is 44.1. The van der Waals surface area contributed by atoms with Crippen LogP contribution in [-0.2, 0) is 0 Å². The Kier molecular flexibility index (Phi) is 9.11. The summed E-state index contributed by atoms with van der Waals surface area (Å²) in [5.74, 6) is 0. The first-order valence-corrected chi connectivity index (χ1v) is 23.6. The lowest BCUT2D eigenvalue weighted by Crippen LogP contribution is -2.32. The summed E-state index contributed by atoms with van der Waals surface area (Å²) < 4.78 is 0. The Bertz CT molecular complexity index is 1350. The van der Waals surface area contributed by atoms with Gasteiger partial charge in [-0.15, -0.1) is 0 Å². The van der Waals surface area contributed by atoms with Crippen LogP contribution >= 0.6 is 28.5 Å². The van der Waals surface area contributed by atoms with E-state index in [1.807, 2.05) is 0 Å². The van der Waals surface area contributed by atoms with Crippen molar-refractivity contribution in [3.63, 3.8) is 0 Å². The molecule has 4 heteroatoms. The minimum atomic E-state index is -2.04. The van der Waals surface area contributed by atoms with Crippen molar-refractivity contribution in [1.82, 2.24) is 0 Å². The predicted molar refractivity (Wildman–Crippen MR) is 196 cm³/mol. The largest absolute Gasteiger partial charge is 0.137 e. The zero-order valence-electron chi connectivity index (χ0n) is 24.1. The summed E-state index contributed by atoms with van der Waals surface area (Å²) in [5, 5.41) is 8.90. The van der Waals surface area contributed by atoms with Crippen LogP contribution in [0, 0.1) is 0 Å². The van der Waals surface area contributed by atoms with E-state index < -0.39 is 28.5 Å². The van der Waals surface area contributed by atoms with Crippen molar-refractivity contribution in [2.75, 3.05) is 13.3 Å². The van der Waals surface area contributed by atoms with Crippen molar-refractivity contribution in [2.24, 2.45) is 0 Å². The quantitative estimate of drug-likeness (QED) is 0.142. The first-order chi connectivity index (χ1) is 20.7. The van der Waals surface area contributed by atoms with Crippen LogP contribution < -0.4 is 31.8 Å². The average Bonchev–Trinajstić information content (AvgIpc) is 3.08. The molecule has 0 nitrogen and oxygen atoms in total. The topological polar surface area (TPSA) is 0 Å². The van der Waals surface area contributed by atoms with E-state index in [0.29, 0.717) is 0 Å². The van der Waals surface area contributed by atoms with E-state index in [1.165, 1.54) is 31.8 Å². The molecule has 0 saturated carbocycles. The molecule has 0 aliphatic rings. The minimum absolute atomic E-state index is 0.552. The van der Waals surface area contributed by atoms with Gasteiger partial charge >= 0.3 is 0 Å². The second-order valence-electron chi connectivity index (χ2n) is 10.3. The Balaban J connectivity index is 1.71. The van der Waals surface area contributed by atoms with E-state index in [1.54, 1.807) is 0 Å². The highest BCUT2D eigenvalue weighted by atomic mass is 32.7. The summed E-state index contributed by atoms with van der Waals surface area (Å²) in [7, 11) is -1.10. The van der Waals surface area contributed by atoms with E-state index in [9.17, 15) is 0 Å². The third kappa shape index (κ3) is 5.11. The molecule has 0 bridgehead atoms. The van der Waals surface area contributed by atoms with Gasteiger partial charge in [-0.05, 0) is 86.1 Å². The maximum absolute atomic E-state index is 2.64. The molecule has 0 aliphatic heterocycles. The van der Waals surface area contributed by atoms with Gasteiger partial charge in [-0.3, -0.25) is 0 Å². The van der Waals surface area contributed by atoms with E-state index in [-0.39, 0.29) is 0 Å². The van der Waals surface area contributed by atoms with Crippen LogP contribution in [0.1, 0.15) is 0 Å². The van der Waals surface area contributed by atoms with E-state index in [4.69, 9.17) is 0 Å². The molecule has 0 aliphatic carbocycles. The van der Waals surface area contributed by atoms with Crippen molar-refractivity contribution in [1.29, 1.82) is 0 Å². The van der Waals surface area contributed by atoms with Gasteiger partial charge in [-0.1, -0.05) is 109 Å². The second kappa shape index (κ2) is 13.1. The minimum Gasteiger partial charge on any atom is -0.0620 e. The Hall–Kier alpha value is -2.96. The molecular weight excluding hydrogens is 580 g/mol. The highest BCUT2D eigenvalue weighted by Crippen LogP contribution is 3.03. The van der Waals surface area contributed by atoms with Gasteiger partial charge in [0, 0.05) is 0 Å². The molecule has 0 saturated heterocycles. The number of rotatable bonds is 9. The van der Waals surface area contributed by atoms with E-state index in [2.05, 4.69) is 195 Å². The monoisotopic (exact) mass is 616 g/mol. The molecule has 0 N–H and O–H groups in total.